The van der Waals surface area contributed by atoms with Crippen LogP contribution in [0.5, 0.6) is 0 Å². The average Bonchev–Trinajstić information content (AvgIpc) is 2.70. The van der Waals surface area contributed by atoms with Crippen molar-refractivity contribution in [3.05, 3.63) is 18.0 Å². The van der Waals surface area contributed by atoms with Gasteiger partial charge in [0.25, 0.3) is 0 Å². The van der Waals surface area contributed by atoms with Crippen LogP contribution >= 0.6 is 0 Å². The van der Waals surface area contributed by atoms with Crippen LogP contribution in [0.3, 0.4) is 0 Å². The van der Waals surface area contributed by atoms with E-state index in [4.69, 9.17) is 4.74 Å². The lowest BCUT2D eigenvalue weighted by Gasteiger charge is -2.08. The highest BCUT2D eigenvalue weighted by Gasteiger charge is 2.17. The summed E-state index contributed by atoms with van der Waals surface area (Å²) in [6.07, 6.45) is 3.19. The zero-order chi connectivity index (χ0) is 12.4. The summed E-state index contributed by atoms with van der Waals surface area (Å²) in [5.74, 6) is -0.380. The Hall–Kier alpha value is -2.11. The third-order valence-electron chi connectivity index (χ3n) is 2.51. The zero-order valence-corrected chi connectivity index (χ0v) is 10.0. The van der Waals surface area contributed by atoms with Crippen LogP contribution in [0.2, 0.25) is 0 Å². The molecule has 1 N–H and O–H groups in total. The Morgan fingerprint density at radius 2 is 2.29 bits per heavy atom. The second-order valence-corrected chi connectivity index (χ2v) is 3.52. The monoisotopic (exact) mass is 234 g/mol. The number of ether oxygens (including phenoxy) is 1. The predicted molar refractivity (Wildman–Crippen MR) is 64.0 cm³/mol. The largest absolute Gasteiger partial charge is 0.462 e. The molecule has 0 aliphatic carbocycles. The van der Waals surface area contributed by atoms with Crippen LogP contribution in [0.4, 0.5) is 5.69 Å². The molecule has 0 aliphatic rings. The Morgan fingerprint density at radius 3 is 2.94 bits per heavy atom. The Balaban J connectivity index is 2.61. The molecule has 0 spiro atoms. The molecule has 0 amide bonds. The van der Waals surface area contributed by atoms with Crippen LogP contribution in [0.1, 0.15) is 17.3 Å². The summed E-state index contributed by atoms with van der Waals surface area (Å²) in [4.78, 5) is 16.0. The predicted octanol–water partition coefficient (Wildman–Crippen LogP) is 1.19. The Kier molecular flexibility index (Phi) is 2.95. The van der Waals surface area contributed by atoms with Crippen LogP contribution in [-0.2, 0) is 11.8 Å². The fourth-order valence-corrected chi connectivity index (χ4v) is 1.73. The molecule has 0 aliphatic heterocycles. The molecule has 0 unspecified atom stereocenters. The van der Waals surface area contributed by atoms with Gasteiger partial charge in [0.1, 0.15) is 5.56 Å². The van der Waals surface area contributed by atoms with E-state index in [0.29, 0.717) is 17.9 Å². The van der Waals surface area contributed by atoms with Gasteiger partial charge in [-0.15, -0.1) is 0 Å². The van der Waals surface area contributed by atoms with E-state index in [2.05, 4.69) is 15.4 Å². The van der Waals surface area contributed by atoms with Gasteiger partial charge in [0.15, 0.2) is 5.65 Å². The third kappa shape index (κ3) is 1.82. The van der Waals surface area contributed by atoms with Crippen molar-refractivity contribution in [3.8, 4) is 0 Å². The molecule has 0 saturated carbocycles. The van der Waals surface area contributed by atoms with Gasteiger partial charge in [0.2, 0.25) is 0 Å². The Bertz CT molecular complexity index is 562. The minimum Gasteiger partial charge on any atom is -0.462 e. The number of fused-ring (bicyclic) bond motifs is 1. The Labute approximate surface area is 98.6 Å². The number of nitrogens with one attached hydrogen (secondary N) is 1. The number of hydrogen-bond acceptors (Lipinski definition) is 5. The molecule has 0 fully saturated rings. The number of pyridine rings is 1. The highest BCUT2D eigenvalue weighted by atomic mass is 16.5. The van der Waals surface area contributed by atoms with E-state index < -0.39 is 0 Å². The molecule has 0 radical (unpaired) electrons. The van der Waals surface area contributed by atoms with Crippen molar-refractivity contribution in [2.75, 3.05) is 19.0 Å². The lowest BCUT2D eigenvalue weighted by molar-refractivity contribution is 0.0527. The number of carbonyl (C=O) groups is 1. The molecule has 6 heteroatoms. The summed E-state index contributed by atoms with van der Waals surface area (Å²) in [5.41, 5.74) is 1.85. The first-order chi connectivity index (χ1) is 8.19. The third-order valence-corrected chi connectivity index (χ3v) is 2.51. The second-order valence-electron chi connectivity index (χ2n) is 3.52. The van der Waals surface area contributed by atoms with Gasteiger partial charge >= 0.3 is 5.97 Å². The maximum absolute atomic E-state index is 11.7. The molecule has 0 atom stereocenters. The number of aryl methyl sites for hydroxylation is 1. The number of nitrogens with zero attached hydrogens (tertiary/aromatic N) is 3. The molecule has 17 heavy (non-hydrogen) atoms. The summed E-state index contributed by atoms with van der Waals surface area (Å²) < 4.78 is 6.64. The van der Waals surface area contributed by atoms with E-state index in [9.17, 15) is 4.79 Å². The standard InChI is InChI=1S/C11H14N4O2/c1-4-17-11(16)8-5-13-10-7(9(8)12-2)6-14-15(10)3/h5-6H,4H2,1-3H3,(H,12,13). The van der Waals surface area contributed by atoms with Crippen molar-refractivity contribution in [2.24, 2.45) is 7.05 Å². The molecular weight excluding hydrogens is 220 g/mol. The normalized spacial score (nSPS) is 10.5. The molecule has 2 rings (SSSR count). The maximum Gasteiger partial charge on any atom is 0.341 e. The highest BCUT2D eigenvalue weighted by Crippen LogP contribution is 2.25. The van der Waals surface area contributed by atoms with Crippen molar-refractivity contribution in [3.63, 3.8) is 0 Å². The number of rotatable bonds is 3. The molecule has 90 valence electrons. The minimum atomic E-state index is -0.380. The van der Waals surface area contributed by atoms with E-state index in [-0.39, 0.29) is 5.97 Å². The molecular formula is C11H14N4O2. The zero-order valence-electron chi connectivity index (χ0n) is 10.0. The van der Waals surface area contributed by atoms with Crippen molar-refractivity contribution in [1.82, 2.24) is 14.8 Å². The summed E-state index contributed by atoms with van der Waals surface area (Å²) in [5, 5.41) is 7.92. The van der Waals surface area contributed by atoms with Gasteiger partial charge in [-0.25, -0.2) is 9.78 Å². The van der Waals surface area contributed by atoms with Gasteiger partial charge in [-0.2, -0.15) is 5.10 Å². The molecule has 2 heterocycles. The quantitative estimate of drug-likeness (QED) is 0.808. The topological polar surface area (TPSA) is 69.0 Å². The van der Waals surface area contributed by atoms with Crippen molar-refractivity contribution >= 4 is 22.7 Å². The van der Waals surface area contributed by atoms with Gasteiger partial charge < -0.3 is 10.1 Å². The van der Waals surface area contributed by atoms with Crippen LogP contribution in [0.15, 0.2) is 12.4 Å². The highest BCUT2D eigenvalue weighted by molar-refractivity contribution is 6.03. The van der Waals surface area contributed by atoms with Crippen LogP contribution in [-0.4, -0.2) is 34.4 Å². The van der Waals surface area contributed by atoms with Gasteiger partial charge in [0.05, 0.1) is 23.9 Å². The second kappa shape index (κ2) is 4.40. The summed E-state index contributed by atoms with van der Waals surface area (Å²) in [7, 11) is 3.56. The van der Waals surface area contributed by atoms with Gasteiger partial charge in [-0.05, 0) is 6.92 Å². The SMILES string of the molecule is CCOC(=O)c1cnc2c(cnn2C)c1NC. The molecule has 0 bridgehead atoms. The molecule has 2 aromatic heterocycles. The lowest BCUT2D eigenvalue weighted by Crippen LogP contribution is -2.09. The number of esters is 1. The fourth-order valence-electron chi connectivity index (χ4n) is 1.73. The van der Waals surface area contributed by atoms with Crippen molar-refractivity contribution < 1.29 is 9.53 Å². The van der Waals surface area contributed by atoms with Gasteiger partial charge in [-0.1, -0.05) is 0 Å². The average molecular weight is 234 g/mol. The maximum atomic E-state index is 11.7. The van der Waals surface area contributed by atoms with Gasteiger partial charge in [-0.3, -0.25) is 4.68 Å². The fraction of sp³-hybridized carbons (Fsp3) is 0.364. The van der Waals surface area contributed by atoms with E-state index in [1.807, 2.05) is 0 Å². The van der Waals surface area contributed by atoms with E-state index >= 15 is 0 Å². The first-order valence-electron chi connectivity index (χ1n) is 5.34. The van der Waals surface area contributed by atoms with Crippen LogP contribution in [0, 0.1) is 0 Å². The number of hydrogen-bond donors (Lipinski definition) is 1. The minimum absolute atomic E-state index is 0.340. The molecule has 0 aromatic carbocycles. The summed E-state index contributed by atoms with van der Waals surface area (Å²) in [6, 6.07) is 0. The summed E-state index contributed by atoms with van der Waals surface area (Å²) in [6.45, 7) is 2.11. The molecule has 2 aromatic rings. The van der Waals surface area contributed by atoms with Crippen LogP contribution < -0.4 is 5.32 Å². The first kappa shape index (κ1) is 11.4. The Morgan fingerprint density at radius 1 is 1.53 bits per heavy atom. The smallest absolute Gasteiger partial charge is 0.341 e. The molecule has 0 saturated heterocycles. The van der Waals surface area contributed by atoms with E-state index in [0.717, 1.165) is 11.0 Å². The van der Waals surface area contributed by atoms with Crippen LogP contribution in [0.25, 0.3) is 11.0 Å². The van der Waals surface area contributed by atoms with E-state index in [1.165, 1.54) is 6.20 Å². The van der Waals surface area contributed by atoms with E-state index in [1.54, 1.807) is 31.9 Å². The van der Waals surface area contributed by atoms with Crippen molar-refractivity contribution in [2.45, 2.75) is 6.92 Å². The first-order valence-corrected chi connectivity index (χ1v) is 5.34. The molecule has 6 nitrogen and oxygen atoms in total. The number of carbonyl (C=O) groups excluding carboxylic acids is 1. The van der Waals surface area contributed by atoms with Crippen molar-refractivity contribution in [1.29, 1.82) is 0 Å². The number of aromatic nitrogens is 3. The summed E-state index contributed by atoms with van der Waals surface area (Å²) >= 11 is 0. The van der Waals surface area contributed by atoms with Gasteiger partial charge in [0, 0.05) is 20.3 Å². The lowest BCUT2D eigenvalue weighted by atomic mass is 10.2. The number of anilines is 1.